The lowest BCUT2D eigenvalue weighted by molar-refractivity contribution is 0.303. The van der Waals surface area contributed by atoms with E-state index < -0.39 is 0 Å². The highest BCUT2D eigenvalue weighted by molar-refractivity contribution is 7.10. The smallest absolute Gasteiger partial charge is 0.122 e. The minimum absolute atomic E-state index is 0.596. The summed E-state index contributed by atoms with van der Waals surface area (Å²) in [6.45, 7) is 5.33. The molecule has 0 saturated carbocycles. The summed E-state index contributed by atoms with van der Waals surface area (Å²) in [6, 6.07) is 22.9. The fraction of sp³-hybridized carbons (Fsp3) is 0.185. The van der Waals surface area contributed by atoms with Crippen molar-refractivity contribution in [1.29, 1.82) is 0 Å². The summed E-state index contributed by atoms with van der Waals surface area (Å²) in [5.74, 6) is 7.45. The molecular weight excluding hydrogens is 418 g/mol. The molecular formula is C27H25NOS2. The van der Waals surface area contributed by atoms with Gasteiger partial charge in [0.1, 0.15) is 12.4 Å². The van der Waals surface area contributed by atoms with Gasteiger partial charge in [0.25, 0.3) is 0 Å². The Morgan fingerprint density at radius 3 is 2.65 bits per heavy atom. The first-order valence-electron chi connectivity index (χ1n) is 10.4. The van der Waals surface area contributed by atoms with Gasteiger partial charge in [0.05, 0.1) is 6.54 Å². The third-order valence-corrected chi connectivity index (χ3v) is 6.54. The fourth-order valence-electron chi connectivity index (χ4n) is 3.24. The Balaban J connectivity index is 1.32. The highest BCUT2D eigenvalue weighted by atomic mass is 32.1. The van der Waals surface area contributed by atoms with E-state index in [1.54, 1.807) is 22.7 Å². The van der Waals surface area contributed by atoms with Crippen molar-refractivity contribution in [2.45, 2.75) is 20.1 Å². The zero-order chi connectivity index (χ0) is 21.3. The van der Waals surface area contributed by atoms with Crippen LogP contribution in [0.2, 0.25) is 0 Å². The predicted octanol–water partition coefficient (Wildman–Crippen LogP) is 6.93. The van der Waals surface area contributed by atoms with Gasteiger partial charge in [-0.2, -0.15) is 11.3 Å². The summed E-state index contributed by atoms with van der Waals surface area (Å²) in [6.07, 6.45) is 0. The molecule has 0 aliphatic carbocycles. The van der Waals surface area contributed by atoms with Gasteiger partial charge in [0, 0.05) is 17.0 Å². The number of hydrogen-bond donors (Lipinski definition) is 0. The molecule has 0 amide bonds. The summed E-state index contributed by atoms with van der Waals surface area (Å²) in [5.41, 5.74) is 4.86. The monoisotopic (exact) mass is 443 g/mol. The third kappa shape index (κ3) is 6.32. The third-order valence-electron chi connectivity index (χ3n) is 4.95. The molecule has 0 bridgehead atoms. The van der Waals surface area contributed by atoms with Crippen molar-refractivity contribution in [2.75, 3.05) is 13.1 Å². The Morgan fingerprint density at radius 1 is 0.935 bits per heavy atom. The quantitative estimate of drug-likeness (QED) is 0.274. The molecule has 0 unspecified atom stereocenters. The molecule has 2 nitrogen and oxygen atoms in total. The molecule has 0 aliphatic rings. The molecule has 2 heterocycles. The van der Waals surface area contributed by atoms with Crippen LogP contribution in [0.3, 0.4) is 0 Å². The standard InChI is InChI=1S/C27H25NOS2/c1-2-28(14-7-11-22-8-4-3-5-9-22)18-23-10-6-12-26(16-23)29-19-27-17-25(21-31-27)24-13-15-30-20-24/h3-6,8-10,12-13,15-17,20-21H,2,14,18-19H2,1H3. The maximum atomic E-state index is 6.08. The Labute approximate surface area is 192 Å². The lowest BCUT2D eigenvalue weighted by Gasteiger charge is -2.18. The molecule has 31 heavy (non-hydrogen) atoms. The molecule has 2 aromatic carbocycles. The van der Waals surface area contributed by atoms with E-state index >= 15 is 0 Å². The largest absolute Gasteiger partial charge is 0.488 e. The summed E-state index contributed by atoms with van der Waals surface area (Å²) < 4.78 is 6.08. The van der Waals surface area contributed by atoms with Gasteiger partial charge >= 0.3 is 0 Å². The van der Waals surface area contributed by atoms with Crippen molar-refractivity contribution >= 4 is 22.7 Å². The van der Waals surface area contributed by atoms with E-state index in [1.807, 2.05) is 36.4 Å². The van der Waals surface area contributed by atoms with Crippen molar-refractivity contribution in [2.24, 2.45) is 0 Å². The predicted molar refractivity (Wildman–Crippen MR) is 133 cm³/mol. The SMILES string of the molecule is CCN(CC#Cc1ccccc1)Cc1cccc(OCc2cc(-c3ccsc3)cs2)c1. The Kier molecular flexibility index (Phi) is 7.57. The summed E-state index contributed by atoms with van der Waals surface area (Å²) in [7, 11) is 0. The van der Waals surface area contributed by atoms with Crippen LogP contribution in [0.15, 0.2) is 82.9 Å². The second kappa shape index (κ2) is 11.0. The van der Waals surface area contributed by atoms with Crippen LogP contribution in [0, 0.1) is 11.8 Å². The molecule has 0 saturated heterocycles. The minimum atomic E-state index is 0.596. The number of thiophene rings is 2. The van der Waals surface area contributed by atoms with Crippen molar-refractivity contribution in [3.05, 3.63) is 98.9 Å². The van der Waals surface area contributed by atoms with Gasteiger partial charge in [-0.25, -0.2) is 0 Å². The lowest BCUT2D eigenvalue weighted by Crippen LogP contribution is -2.23. The van der Waals surface area contributed by atoms with Gasteiger partial charge in [-0.15, -0.1) is 11.3 Å². The topological polar surface area (TPSA) is 12.5 Å². The number of ether oxygens (including phenoxy) is 1. The van der Waals surface area contributed by atoms with E-state index in [0.717, 1.165) is 30.9 Å². The van der Waals surface area contributed by atoms with E-state index in [2.05, 4.69) is 70.1 Å². The van der Waals surface area contributed by atoms with Crippen LogP contribution in [-0.4, -0.2) is 18.0 Å². The molecule has 0 radical (unpaired) electrons. The van der Waals surface area contributed by atoms with Crippen LogP contribution in [0.25, 0.3) is 11.1 Å². The molecule has 2 aromatic heterocycles. The molecule has 4 rings (SSSR count). The van der Waals surface area contributed by atoms with Crippen molar-refractivity contribution in [3.63, 3.8) is 0 Å². The van der Waals surface area contributed by atoms with Crippen molar-refractivity contribution in [1.82, 2.24) is 4.90 Å². The number of nitrogens with zero attached hydrogens (tertiary/aromatic N) is 1. The first kappa shape index (κ1) is 21.4. The zero-order valence-corrected chi connectivity index (χ0v) is 19.2. The van der Waals surface area contributed by atoms with Crippen molar-refractivity contribution in [3.8, 4) is 28.7 Å². The fourth-order valence-corrected chi connectivity index (χ4v) is 4.71. The minimum Gasteiger partial charge on any atom is -0.488 e. The number of benzene rings is 2. The Morgan fingerprint density at radius 2 is 1.84 bits per heavy atom. The van der Waals surface area contributed by atoms with Gasteiger partial charge in [-0.3, -0.25) is 4.90 Å². The molecule has 156 valence electrons. The zero-order valence-electron chi connectivity index (χ0n) is 17.6. The van der Waals surface area contributed by atoms with E-state index in [9.17, 15) is 0 Å². The molecule has 0 aliphatic heterocycles. The molecule has 0 atom stereocenters. The van der Waals surface area contributed by atoms with E-state index in [0.29, 0.717) is 6.61 Å². The summed E-state index contributed by atoms with van der Waals surface area (Å²) in [4.78, 5) is 3.57. The number of rotatable bonds is 8. The Bertz CT molecular complexity index is 1140. The highest BCUT2D eigenvalue weighted by Crippen LogP contribution is 2.28. The summed E-state index contributed by atoms with van der Waals surface area (Å²) >= 11 is 3.48. The van der Waals surface area contributed by atoms with Gasteiger partial charge in [-0.05, 0) is 75.8 Å². The Hall–Kier alpha value is -2.84. The summed E-state index contributed by atoms with van der Waals surface area (Å²) in [5, 5.41) is 6.49. The molecule has 4 aromatic rings. The molecule has 0 fully saturated rings. The van der Waals surface area contributed by atoms with Crippen LogP contribution in [0.4, 0.5) is 0 Å². The van der Waals surface area contributed by atoms with E-state index in [4.69, 9.17) is 4.74 Å². The molecule has 4 heteroatoms. The average molecular weight is 444 g/mol. The van der Waals surface area contributed by atoms with Crippen LogP contribution in [0.1, 0.15) is 22.9 Å². The maximum absolute atomic E-state index is 6.08. The van der Waals surface area contributed by atoms with Gasteiger partial charge in [-0.1, -0.05) is 49.1 Å². The second-order valence-electron chi connectivity index (χ2n) is 7.22. The lowest BCUT2D eigenvalue weighted by atomic mass is 10.2. The first-order valence-corrected chi connectivity index (χ1v) is 12.2. The molecule has 0 N–H and O–H groups in total. The van der Waals surface area contributed by atoms with E-state index in [-0.39, 0.29) is 0 Å². The van der Waals surface area contributed by atoms with Gasteiger partial charge in [0.15, 0.2) is 0 Å². The highest BCUT2D eigenvalue weighted by Gasteiger charge is 2.06. The van der Waals surface area contributed by atoms with Crippen LogP contribution in [-0.2, 0) is 13.2 Å². The molecule has 0 spiro atoms. The van der Waals surface area contributed by atoms with Crippen LogP contribution in [0.5, 0.6) is 5.75 Å². The van der Waals surface area contributed by atoms with Crippen molar-refractivity contribution < 1.29 is 4.74 Å². The normalized spacial score (nSPS) is 10.6. The van der Waals surface area contributed by atoms with Crippen LogP contribution < -0.4 is 4.74 Å². The van der Waals surface area contributed by atoms with Gasteiger partial charge < -0.3 is 4.74 Å². The van der Waals surface area contributed by atoms with Gasteiger partial charge in [0.2, 0.25) is 0 Å². The number of hydrogen-bond acceptors (Lipinski definition) is 4. The van der Waals surface area contributed by atoms with E-state index in [1.165, 1.54) is 21.6 Å². The first-order chi connectivity index (χ1) is 15.3. The maximum Gasteiger partial charge on any atom is 0.122 e. The second-order valence-corrected chi connectivity index (χ2v) is 9.00. The van der Waals surface area contributed by atoms with Crippen LogP contribution >= 0.6 is 22.7 Å². The average Bonchev–Trinajstić information content (AvgIpc) is 3.50.